The Hall–Kier alpha value is -3.20. The van der Waals surface area contributed by atoms with Gasteiger partial charge in [-0.2, -0.15) is 0 Å². The number of aromatic nitrogens is 2. The quantitative estimate of drug-likeness (QED) is 0.733. The van der Waals surface area contributed by atoms with Gasteiger partial charge in [0.2, 0.25) is 5.95 Å². The molecule has 24 heavy (non-hydrogen) atoms. The van der Waals surface area contributed by atoms with E-state index < -0.39 is 10.0 Å². The third-order valence-electron chi connectivity index (χ3n) is 3.00. The monoisotopic (exact) mass is 344 g/mol. The first kappa shape index (κ1) is 15.7. The van der Waals surface area contributed by atoms with Gasteiger partial charge >= 0.3 is 0 Å². The standard InChI is InChI=1S/C15H12N4O4S/c20-14(11-6-9-23-10-11)18-12-2-4-13(5-3-12)24(21,22)19-15-16-7-1-8-17-15/h1-10H,(H,18,20)(H,16,17,19). The number of rotatable bonds is 5. The van der Waals surface area contributed by atoms with Crippen LogP contribution < -0.4 is 10.0 Å². The van der Waals surface area contributed by atoms with Crippen LogP contribution in [0.4, 0.5) is 11.6 Å². The fourth-order valence-electron chi connectivity index (χ4n) is 1.85. The molecule has 0 saturated carbocycles. The zero-order valence-corrected chi connectivity index (χ0v) is 13.0. The summed E-state index contributed by atoms with van der Waals surface area (Å²) in [6, 6.07) is 8.82. The molecule has 0 radical (unpaired) electrons. The van der Waals surface area contributed by atoms with E-state index in [9.17, 15) is 13.2 Å². The Bertz CT molecular complexity index is 923. The average molecular weight is 344 g/mol. The van der Waals surface area contributed by atoms with Crippen LogP contribution in [0.25, 0.3) is 0 Å². The van der Waals surface area contributed by atoms with Gasteiger partial charge in [0.25, 0.3) is 15.9 Å². The lowest BCUT2D eigenvalue weighted by Crippen LogP contribution is -2.15. The highest BCUT2D eigenvalue weighted by Gasteiger charge is 2.15. The molecule has 3 rings (SSSR count). The van der Waals surface area contributed by atoms with Crippen molar-refractivity contribution in [2.75, 3.05) is 10.0 Å². The molecular formula is C15H12N4O4S. The maximum Gasteiger partial charge on any atom is 0.264 e. The fraction of sp³-hybridized carbons (Fsp3) is 0. The van der Waals surface area contributed by atoms with Gasteiger partial charge in [0, 0.05) is 18.1 Å². The summed E-state index contributed by atoms with van der Waals surface area (Å²) >= 11 is 0. The van der Waals surface area contributed by atoms with E-state index in [4.69, 9.17) is 4.42 Å². The van der Waals surface area contributed by atoms with E-state index in [1.165, 1.54) is 55.3 Å². The van der Waals surface area contributed by atoms with E-state index in [0.29, 0.717) is 11.3 Å². The van der Waals surface area contributed by atoms with Gasteiger partial charge in [0.15, 0.2) is 0 Å². The second-order valence-electron chi connectivity index (χ2n) is 4.67. The van der Waals surface area contributed by atoms with Crippen molar-refractivity contribution in [3.8, 4) is 0 Å². The van der Waals surface area contributed by atoms with Crippen LogP contribution in [0, 0.1) is 0 Å². The third-order valence-corrected chi connectivity index (χ3v) is 4.34. The Kier molecular flexibility index (Phi) is 4.25. The van der Waals surface area contributed by atoms with E-state index in [0.717, 1.165) is 0 Å². The molecule has 1 aromatic carbocycles. The van der Waals surface area contributed by atoms with E-state index in [1.807, 2.05) is 0 Å². The van der Waals surface area contributed by atoms with E-state index >= 15 is 0 Å². The smallest absolute Gasteiger partial charge is 0.264 e. The number of nitrogens with one attached hydrogen (secondary N) is 2. The maximum absolute atomic E-state index is 12.2. The molecule has 1 amide bonds. The molecule has 0 spiro atoms. The molecule has 0 unspecified atom stereocenters. The van der Waals surface area contributed by atoms with Crippen molar-refractivity contribution in [2.24, 2.45) is 0 Å². The van der Waals surface area contributed by atoms with E-state index in [-0.39, 0.29) is 16.8 Å². The molecule has 8 nitrogen and oxygen atoms in total. The SMILES string of the molecule is O=C(Nc1ccc(S(=O)(=O)Nc2ncccn2)cc1)c1ccoc1. The number of sulfonamides is 1. The van der Waals surface area contributed by atoms with Gasteiger partial charge < -0.3 is 9.73 Å². The van der Waals surface area contributed by atoms with Gasteiger partial charge in [-0.1, -0.05) is 0 Å². The van der Waals surface area contributed by atoms with Gasteiger partial charge in [-0.3, -0.25) is 4.79 Å². The largest absolute Gasteiger partial charge is 0.472 e. The lowest BCUT2D eigenvalue weighted by Gasteiger charge is -2.08. The molecule has 9 heteroatoms. The van der Waals surface area contributed by atoms with Gasteiger partial charge in [-0.05, 0) is 36.4 Å². The van der Waals surface area contributed by atoms with Crippen LogP contribution in [0.3, 0.4) is 0 Å². The first-order chi connectivity index (χ1) is 11.5. The van der Waals surface area contributed by atoms with Crippen molar-refractivity contribution in [3.05, 3.63) is 66.9 Å². The average Bonchev–Trinajstić information content (AvgIpc) is 3.10. The topological polar surface area (TPSA) is 114 Å². The molecule has 2 aromatic heterocycles. The van der Waals surface area contributed by atoms with Crippen molar-refractivity contribution in [1.82, 2.24) is 9.97 Å². The molecule has 0 atom stereocenters. The van der Waals surface area contributed by atoms with Crippen molar-refractivity contribution >= 4 is 27.6 Å². The lowest BCUT2D eigenvalue weighted by atomic mass is 10.3. The zero-order valence-electron chi connectivity index (χ0n) is 12.2. The highest BCUT2D eigenvalue weighted by atomic mass is 32.2. The van der Waals surface area contributed by atoms with Crippen LogP contribution in [-0.2, 0) is 10.0 Å². The summed E-state index contributed by atoms with van der Waals surface area (Å²) in [4.78, 5) is 19.5. The van der Waals surface area contributed by atoms with Crippen LogP contribution in [0.1, 0.15) is 10.4 Å². The van der Waals surface area contributed by atoms with Crippen molar-refractivity contribution < 1.29 is 17.6 Å². The summed E-state index contributed by atoms with van der Waals surface area (Å²) in [6.45, 7) is 0. The number of furan rings is 1. The Labute approximate surface area is 137 Å². The van der Waals surface area contributed by atoms with Crippen LogP contribution in [0.2, 0.25) is 0 Å². The molecule has 0 bridgehead atoms. The number of carbonyl (C=O) groups is 1. The molecule has 0 aliphatic rings. The van der Waals surface area contributed by atoms with Crippen molar-refractivity contribution in [1.29, 1.82) is 0 Å². The molecule has 2 heterocycles. The lowest BCUT2D eigenvalue weighted by molar-refractivity contribution is 0.102. The summed E-state index contributed by atoms with van der Waals surface area (Å²) in [5.41, 5.74) is 0.825. The summed E-state index contributed by atoms with van der Waals surface area (Å²) in [5.74, 6) is -0.370. The number of hydrogen-bond acceptors (Lipinski definition) is 6. The Morgan fingerprint density at radius 2 is 1.75 bits per heavy atom. The molecule has 0 fully saturated rings. The molecule has 0 aliphatic carbocycles. The van der Waals surface area contributed by atoms with Crippen molar-refractivity contribution in [3.63, 3.8) is 0 Å². The van der Waals surface area contributed by atoms with Crippen LogP contribution in [0.15, 0.2) is 70.6 Å². The summed E-state index contributed by atoms with van der Waals surface area (Å²) in [5, 5.41) is 2.63. The summed E-state index contributed by atoms with van der Waals surface area (Å²) in [7, 11) is -3.80. The van der Waals surface area contributed by atoms with Gasteiger partial charge in [-0.25, -0.2) is 23.1 Å². The highest BCUT2D eigenvalue weighted by molar-refractivity contribution is 7.92. The number of nitrogens with zero attached hydrogens (tertiary/aromatic N) is 2. The molecule has 0 aliphatic heterocycles. The minimum absolute atomic E-state index is 0.0187. The molecular weight excluding hydrogens is 332 g/mol. The fourth-order valence-corrected chi connectivity index (χ4v) is 2.80. The maximum atomic E-state index is 12.2. The Balaban J connectivity index is 1.73. The van der Waals surface area contributed by atoms with Gasteiger partial charge in [0.1, 0.15) is 6.26 Å². The molecule has 3 aromatic rings. The van der Waals surface area contributed by atoms with Crippen molar-refractivity contribution in [2.45, 2.75) is 4.90 Å². The molecule has 0 saturated heterocycles. The van der Waals surface area contributed by atoms with E-state index in [1.54, 1.807) is 6.07 Å². The number of hydrogen-bond donors (Lipinski definition) is 2. The van der Waals surface area contributed by atoms with E-state index in [2.05, 4.69) is 20.0 Å². The Morgan fingerprint density at radius 3 is 2.38 bits per heavy atom. The zero-order chi connectivity index (χ0) is 17.0. The first-order valence-electron chi connectivity index (χ1n) is 6.78. The van der Waals surface area contributed by atoms with Crippen LogP contribution in [0.5, 0.6) is 0 Å². The van der Waals surface area contributed by atoms with Crippen LogP contribution in [-0.4, -0.2) is 24.3 Å². The third kappa shape index (κ3) is 3.58. The van der Waals surface area contributed by atoms with Crippen LogP contribution >= 0.6 is 0 Å². The van der Waals surface area contributed by atoms with Gasteiger partial charge in [-0.15, -0.1) is 0 Å². The number of amides is 1. The summed E-state index contributed by atoms with van der Waals surface area (Å²) < 4.78 is 31.6. The summed E-state index contributed by atoms with van der Waals surface area (Å²) in [6.07, 6.45) is 5.57. The predicted octanol–water partition coefficient (Wildman–Crippen LogP) is 2.12. The Morgan fingerprint density at radius 1 is 1.04 bits per heavy atom. The molecule has 122 valence electrons. The predicted molar refractivity (Wildman–Crippen MR) is 85.9 cm³/mol. The molecule has 2 N–H and O–H groups in total. The normalized spacial score (nSPS) is 11.0. The second kappa shape index (κ2) is 6.50. The first-order valence-corrected chi connectivity index (χ1v) is 8.26. The highest BCUT2D eigenvalue weighted by Crippen LogP contribution is 2.17. The minimum Gasteiger partial charge on any atom is -0.472 e. The van der Waals surface area contributed by atoms with Gasteiger partial charge in [0.05, 0.1) is 16.7 Å². The second-order valence-corrected chi connectivity index (χ2v) is 6.35. The number of benzene rings is 1. The number of anilines is 2. The minimum atomic E-state index is -3.80. The number of carbonyl (C=O) groups excluding carboxylic acids is 1.